The number of halogens is 1. The Hall–Kier alpha value is -1.26. The van der Waals surface area contributed by atoms with Gasteiger partial charge in [0.15, 0.2) is 0 Å². The van der Waals surface area contributed by atoms with E-state index in [0.717, 1.165) is 25.7 Å². The van der Waals surface area contributed by atoms with E-state index in [1.165, 1.54) is 0 Å². The number of aliphatic hydroxyl groups is 1. The van der Waals surface area contributed by atoms with Gasteiger partial charge < -0.3 is 15.7 Å². The van der Waals surface area contributed by atoms with E-state index in [9.17, 15) is 4.79 Å². The molecule has 112 valence electrons. The molecule has 0 aliphatic rings. The molecule has 4 nitrogen and oxygen atoms in total. The molecule has 0 spiro atoms. The number of benzene rings is 1. The number of nitrogens with zero attached hydrogens (tertiary/aromatic N) is 1. The van der Waals surface area contributed by atoms with Crippen LogP contribution in [0.4, 0.5) is 5.69 Å². The summed E-state index contributed by atoms with van der Waals surface area (Å²) in [6.07, 6.45) is 4.33. The maximum absolute atomic E-state index is 12.4. The smallest absolute Gasteiger partial charge is 0.255 e. The van der Waals surface area contributed by atoms with Gasteiger partial charge in [-0.1, -0.05) is 37.8 Å². The van der Waals surface area contributed by atoms with Crippen LogP contribution in [0.1, 0.15) is 43.0 Å². The SMILES string of the molecule is CCCCCCN(CCO)C(=O)c1ccc(N)cc1Cl. The van der Waals surface area contributed by atoms with Gasteiger partial charge in [-0.05, 0) is 24.6 Å². The van der Waals surface area contributed by atoms with E-state index in [-0.39, 0.29) is 12.5 Å². The molecule has 0 saturated carbocycles. The van der Waals surface area contributed by atoms with Crippen molar-refractivity contribution < 1.29 is 9.90 Å². The number of aliphatic hydroxyl groups excluding tert-OH is 1. The highest BCUT2D eigenvalue weighted by Crippen LogP contribution is 2.21. The highest BCUT2D eigenvalue weighted by Gasteiger charge is 2.17. The number of carbonyl (C=O) groups is 1. The summed E-state index contributed by atoms with van der Waals surface area (Å²) in [7, 11) is 0. The highest BCUT2D eigenvalue weighted by molar-refractivity contribution is 6.34. The van der Waals surface area contributed by atoms with Crippen molar-refractivity contribution in [2.75, 3.05) is 25.4 Å². The first-order valence-corrected chi connectivity index (χ1v) is 7.43. The Kier molecular flexibility index (Phi) is 7.41. The summed E-state index contributed by atoms with van der Waals surface area (Å²) < 4.78 is 0. The van der Waals surface area contributed by atoms with Gasteiger partial charge in [-0.2, -0.15) is 0 Å². The van der Waals surface area contributed by atoms with E-state index in [1.54, 1.807) is 23.1 Å². The number of carbonyl (C=O) groups excluding carboxylic acids is 1. The molecule has 1 aromatic carbocycles. The average molecular weight is 299 g/mol. The molecule has 0 aliphatic carbocycles. The van der Waals surface area contributed by atoms with Crippen LogP contribution in [0.5, 0.6) is 0 Å². The second kappa shape index (κ2) is 8.82. The van der Waals surface area contributed by atoms with Crippen molar-refractivity contribution in [1.29, 1.82) is 0 Å². The average Bonchev–Trinajstić information content (AvgIpc) is 2.41. The van der Waals surface area contributed by atoms with E-state index in [0.29, 0.717) is 29.4 Å². The lowest BCUT2D eigenvalue weighted by atomic mass is 10.1. The van der Waals surface area contributed by atoms with Gasteiger partial charge in [0.2, 0.25) is 0 Å². The Morgan fingerprint density at radius 1 is 1.30 bits per heavy atom. The lowest BCUT2D eigenvalue weighted by molar-refractivity contribution is 0.0718. The monoisotopic (exact) mass is 298 g/mol. The topological polar surface area (TPSA) is 66.6 Å². The number of hydrogen-bond donors (Lipinski definition) is 2. The maximum Gasteiger partial charge on any atom is 0.255 e. The maximum atomic E-state index is 12.4. The fourth-order valence-electron chi connectivity index (χ4n) is 2.04. The van der Waals surface area contributed by atoms with Crippen LogP contribution in [-0.4, -0.2) is 35.6 Å². The zero-order valence-electron chi connectivity index (χ0n) is 11.9. The molecule has 5 heteroatoms. The summed E-state index contributed by atoms with van der Waals surface area (Å²) >= 11 is 6.06. The fraction of sp³-hybridized carbons (Fsp3) is 0.533. The zero-order chi connectivity index (χ0) is 15.0. The predicted octanol–water partition coefficient (Wildman–Crippen LogP) is 2.94. The van der Waals surface area contributed by atoms with Gasteiger partial charge in [-0.15, -0.1) is 0 Å². The molecule has 0 saturated heterocycles. The second-order valence-electron chi connectivity index (χ2n) is 4.82. The minimum atomic E-state index is -0.152. The third-order valence-electron chi connectivity index (χ3n) is 3.16. The van der Waals surface area contributed by atoms with Crippen molar-refractivity contribution in [2.24, 2.45) is 0 Å². The lowest BCUT2D eigenvalue weighted by Gasteiger charge is -2.22. The van der Waals surface area contributed by atoms with E-state index >= 15 is 0 Å². The number of unbranched alkanes of at least 4 members (excludes halogenated alkanes) is 3. The van der Waals surface area contributed by atoms with Gasteiger partial charge in [0.05, 0.1) is 17.2 Å². The molecule has 0 bridgehead atoms. The van der Waals surface area contributed by atoms with Crippen LogP contribution in [0.15, 0.2) is 18.2 Å². The molecule has 0 unspecified atom stereocenters. The van der Waals surface area contributed by atoms with E-state index in [1.807, 2.05) is 0 Å². The van der Waals surface area contributed by atoms with Gasteiger partial charge in [-0.25, -0.2) is 0 Å². The Morgan fingerprint density at radius 3 is 2.65 bits per heavy atom. The Balaban J connectivity index is 2.72. The van der Waals surface area contributed by atoms with Crippen LogP contribution >= 0.6 is 11.6 Å². The highest BCUT2D eigenvalue weighted by atomic mass is 35.5. The van der Waals surface area contributed by atoms with Crippen molar-refractivity contribution in [3.8, 4) is 0 Å². The van der Waals surface area contributed by atoms with Gasteiger partial charge in [0, 0.05) is 18.8 Å². The van der Waals surface area contributed by atoms with Crippen molar-refractivity contribution >= 4 is 23.2 Å². The second-order valence-corrected chi connectivity index (χ2v) is 5.22. The molecule has 1 aromatic rings. The van der Waals surface area contributed by atoms with Gasteiger partial charge >= 0.3 is 0 Å². The quantitative estimate of drug-likeness (QED) is 0.573. The van der Waals surface area contributed by atoms with E-state index in [2.05, 4.69) is 6.92 Å². The van der Waals surface area contributed by atoms with Crippen LogP contribution in [0.2, 0.25) is 5.02 Å². The Labute approximate surface area is 125 Å². The molecule has 1 amide bonds. The predicted molar refractivity (Wildman–Crippen MR) is 83.0 cm³/mol. The van der Waals surface area contributed by atoms with Crippen LogP contribution in [0, 0.1) is 0 Å². The molecule has 3 N–H and O–H groups in total. The zero-order valence-corrected chi connectivity index (χ0v) is 12.7. The molecule has 0 fully saturated rings. The number of amides is 1. The Morgan fingerprint density at radius 2 is 2.05 bits per heavy atom. The first-order valence-electron chi connectivity index (χ1n) is 7.05. The summed E-state index contributed by atoms with van der Waals surface area (Å²) in [5, 5.41) is 9.45. The fourth-order valence-corrected chi connectivity index (χ4v) is 2.31. The summed E-state index contributed by atoms with van der Waals surface area (Å²) in [5.74, 6) is -0.152. The van der Waals surface area contributed by atoms with E-state index in [4.69, 9.17) is 22.4 Å². The molecule has 0 radical (unpaired) electrons. The summed E-state index contributed by atoms with van der Waals surface area (Å²) in [6, 6.07) is 4.87. The normalized spacial score (nSPS) is 10.6. The lowest BCUT2D eigenvalue weighted by Crippen LogP contribution is -2.34. The molecule has 1 rings (SSSR count). The van der Waals surface area contributed by atoms with Gasteiger partial charge in [-0.3, -0.25) is 4.79 Å². The van der Waals surface area contributed by atoms with Gasteiger partial charge in [0.1, 0.15) is 0 Å². The minimum Gasteiger partial charge on any atom is -0.399 e. The molecule has 20 heavy (non-hydrogen) atoms. The summed E-state index contributed by atoms with van der Waals surface area (Å²) in [6.45, 7) is 3.06. The molecule has 0 heterocycles. The van der Waals surface area contributed by atoms with Crippen molar-refractivity contribution in [3.63, 3.8) is 0 Å². The van der Waals surface area contributed by atoms with Crippen LogP contribution < -0.4 is 5.73 Å². The van der Waals surface area contributed by atoms with Crippen LogP contribution in [0.3, 0.4) is 0 Å². The standard InChI is InChI=1S/C15H23ClN2O2/c1-2-3-4-5-8-18(9-10-19)15(20)13-7-6-12(17)11-14(13)16/h6-7,11,19H,2-5,8-10,17H2,1H3. The molecule has 0 aliphatic heterocycles. The van der Waals surface area contributed by atoms with Crippen molar-refractivity contribution in [2.45, 2.75) is 32.6 Å². The number of rotatable bonds is 8. The molecular weight excluding hydrogens is 276 g/mol. The first kappa shape index (κ1) is 16.8. The number of anilines is 1. The number of hydrogen-bond acceptors (Lipinski definition) is 3. The number of nitrogen functional groups attached to an aromatic ring is 1. The van der Waals surface area contributed by atoms with Crippen molar-refractivity contribution in [1.82, 2.24) is 4.90 Å². The van der Waals surface area contributed by atoms with Crippen molar-refractivity contribution in [3.05, 3.63) is 28.8 Å². The van der Waals surface area contributed by atoms with Gasteiger partial charge in [0.25, 0.3) is 5.91 Å². The molecule has 0 atom stereocenters. The summed E-state index contributed by atoms with van der Waals surface area (Å²) in [4.78, 5) is 14.1. The third kappa shape index (κ3) is 5.02. The van der Waals surface area contributed by atoms with Crippen LogP contribution in [0.25, 0.3) is 0 Å². The molecule has 0 aromatic heterocycles. The Bertz CT molecular complexity index is 438. The number of nitrogens with two attached hydrogens (primary N) is 1. The molecular formula is C15H23ClN2O2. The first-order chi connectivity index (χ1) is 9.60. The third-order valence-corrected chi connectivity index (χ3v) is 3.47. The summed E-state index contributed by atoms with van der Waals surface area (Å²) in [5.41, 5.74) is 6.59. The minimum absolute atomic E-state index is 0.0495. The van der Waals surface area contributed by atoms with Crippen LogP contribution in [-0.2, 0) is 0 Å². The van der Waals surface area contributed by atoms with E-state index < -0.39 is 0 Å². The largest absolute Gasteiger partial charge is 0.399 e.